The van der Waals surface area contributed by atoms with E-state index in [1.807, 2.05) is 18.2 Å². The van der Waals surface area contributed by atoms with Crippen molar-refractivity contribution in [2.45, 2.75) is 36.7 Å². The average molecular weight is 427 g/mol. The molecule has 1 aromatic heterocycles. The van der Waals surface area contributed by atoms with Gasteiger partial charge in [0.1, 0.15) is 0 Å². The Morgan fingerprint density at radius 1 is 1.13 bits per heavy atom. The van der Waals surface area contributed by atoms with Crippen molar-refractivity contribution in [3.8, 4) is 0 Å². The van der Waals surface area contributed by atoms with Crippen molar-refractivity contribution in [2.24, 2.45) is 5.92 Å². The number of carbonyl (C=O) groups excluding carboxylic acids is 1. The fourth-order valence-corrected chi connectivity index (χ4v) is 7.01. The molecule has 0 radical (unpaired) electrons. The molecule has 2 saturated heterocycles. The zero-order valence-electron chi connectivity index (χ0n) is 17.1. The van der Waals surface area contributed by atoms with Crippen molar-refractivity contribution in [2.75, 3.05) is 31.1 Å². The number of rotatable bonds is 2. The van der Waals surface area contributed by atoms with Gasteiger partial charge in [0.15, 0.2) is 9.84 Å². The Balaban J connectivity index is 1.47. The van der Waals surface area contributed by atoms with Crippen LogP contribution < -0.4 is 4.90 Å². The Morgan fingerprint density at radius 3 is 2.70 bits per heavy atom. The van der Waals surface area contributed by atoms with Crippen molar-refractivity contribution in [3.05, 3.63) is 53.3 Å². The largest absolute Gasteiger partial charge is 0.341 e. The number of carbonyl (C=O) groups is 1. The second kappa shape index (κ2) is 7.34. The minimum absolute atomic E-state index is 0.0481. The van der Waals surface area contributed by atoms with Gasteiger partial charge in [0.05, 0.1) is 16.7 Å². The van der Waals surface area contributed by atoms with E-state index in [2.05, 4.69) is 16.8 Å². The van der Waals surface area contributed by atoms with Crippen LogP contribution in [0.4, 0.5) is 5.95 Å². The fraction of sp³-hybridized carbons (Fsp3) is 0.500. The summed E-state index contributed by atoms with van der Waals surface area (Å²) in [6.45, 7) is 4.67. The highest BCUT2D eigenvalue weighted by molar-refractivity contribution is 7.91. The molecule has 1 unspecified atom stereocenters. The molecule has 3 aliphatic rings. The van der Waals surface area contributed by atoms with E-state index in [9.17, 15) is 13.2 Å². The van der Waals surface area contributed by atoms with E-state index in [0.717, 1.165) is 25.2 Å². The van der Waals surface area contributed by atoms with Crippen LogP contribution in [0.15, 0.2) is 36.5 Å². The standard InChI is InChI=1S/C22H26N4O3S/c1-15-6-5-9-25(11-15)22-23-10-17-14-30(28,29)19-13-26(12-18(19)20(17)24-22)21(27)16-7-3-2-4-8-16/h2-4,7-8,10,15,18-19H,5-6,9,11-14H2,1H3/t15?,18-,19-/m0/s1. The van der Waals surface area contributed by atoms with Crippen molar-refractivity contribution < 1.29 is 13.2 Å². The van der Waals surface area contributed by atoms with E-state index in [4.69, 9.17) is 4.98 Å². The summed E-state index contributed by atoms with van der Waals surface area (Å²) in [5.74, 6) is 0.813. The molecule has 4 heterocycles. The van der Waals surface area contributed by atoms with E-state index >= 15 is 0 Å². The van der Waals surface area contributed by atoms with Gasteiger partial charge >= 0.3 is 0 Å². The monoisotopic (exact) mass is 426 g/mol. The summed E-state index contributed by atoms with van der Waals surface area (Å²) in [5, 5.41) is -0.597. The predicted molar refractivity (Wildman–Crippen MR) is 114 cm³/mol. The van der Waals surface area contributed by atoms with Gasteiger partial charge in [0, 0.05) is 49.4 Å². The van der Waals surface area contributed by atoms with Gasteiger partial charge in [-0.25, -0.2) is 18.4 Å². The van der Waals surface area contributed by atoms with Gasteiger partial charge in [0.25, 0.3) is 5.91 Å². The normalized spacial score (nSPS) is 27.4. The van der Waals surface area contributed by atoms with Crippen LogP contribution in [0.1, 0.15) is 47.3 Å². The second-order valence-electron chi connectivity index (χ2n) is 8.80. The Labute approximate surface area is 177 Å². The zero-order valence-corrected chi connectivity index (χ0v) is 17.9. The molecule has 30 heavy (non-hydrogen) atoms. The van der Waals surface area contributed by atoms with Gasteiger partial charge in [-0.15, -0.1) is 0 Å². The van der Waals surface area contributed by atoms with Crippen LogP contribution in [0.25, 0.3) is 0 Å². The third-order valence-corrected chi connectivity index (χ3v) is 8.68. The Bertz CT molecular complexity index is 1070. The minimum atomic E-state index is -3.36. The molecular weight excluding hydrogens is 400 g/mol. The fourth-order valence-electron chi connectivity index (χ4n) is 5.02. The number of hydrogen-bond donors (Lipinski definition) is 0. The van der Waals surface area contributed by atoms with E-state index in [1.54, 1.807) is 23.2 Å². The van der Waals surface area contributed by atoms with Crippen LogP contribution in [0.3, 0.4) is 0 Å². The smallest absolute Gasteiger partial charge is 0.253 e. The molecule has 3 atom stereocenters. The number of fused-ring (bicyclic) bond motifs is 3. The summed E-state index contributed by atoms with van der Waals surface area (Å²) in [6.07, 6.45) is 4.01. The average Bonchev–Trinajstić information content (AvgIpc) is 3.20. The zero-order chi connectivity index (χ0) is 20.9. The van der Waals surface area contributed by atoms with Crippen molar-refractivity contribution in [1.29, 1.82) is 0 Å². The molecule has 0 aliphatic carbocycles. The lowest BCUT2D eigenvalue weighted by molar-refractivity contribution is 0.0791. The maximum atomic E-state index is 13.0. The summed E-state index contributed by atoms with van der Waals surface area (Å²) >= 11 is 0. The predicted octanol–water partition coefficient (Wildman–Crippen LogP) is 2.25. The number of amides is 1. The van der Waals surface area contributed by atoms with Crippen LogP contribution in [0.5, 0.6) is 0 Å². The van der Waals surface area contributed by atoms with Gasteiger partial charge in [-0.1, -0.05) is 25.1 Å². The molecule has 3 aliphatic heterocycles. The number of hydrogen-bond acceptors (Lipinski definition) is 6. The maximum absolute atomic E-state index is 13.0. The molecule has 0 spiro atoms. The van der Waals surface area contributed by atoms with Crippen molar-refractivity contribution in [1.82, 2.24) is 14.9 Å². The van der Waals surface area contributed by atoms with E-state index < -0.39 is 15.1 Å². The first-order valence-electron chi connectivity index (χ1n) is 10.6. The number of anilines is 1. The molecule has 0 saturated carbocycles. The first-order valence-corrected chi connectivity index (χ1v) is 12.3. The maximum Gasteiger partial charge on any atom is 0.253 e. The number of nitrogens with zero attached hydrogens (tertiary/aromatic N) is 4. The van der Waals surface area contributed by atoms with Crippen LogP contribution in [-0.4, -0.2) is 60.6 Å². The molecule has 1 aromatic carbocycles. The molecular formula is C22H26N4O3S. The molecule has 0 N–H and O–H groups in total. The van der Waals surface area contributed by atoms with E-state index in [0.29, 0.717) is 29.5 Å². The van der Waals surface area contributed by atoms with Crippen LogP contribution in [-0.2, 0) is 15.6 Å². The quantitative estimate of drug-likeness (QED) is 0.732. The molecule has 5 rings (SSSR count). The highest BCUT2D eigenvalue weighted by atomic mass is 32.2. The highest BCUT2D eigenvalue weighted by Crippen LogP contribution is 2.40. The van der Waals surface area contributed by atoms with Gasteiger partial charge in [-0.2, -0.15) is 0 Å². The first-order chi connectivity index (χ1) is 14.4. The molecule has 158 valence electrons. The van der Waals surface area contributed by atoms with Gasteiger partial charge in [-0.05, 0) is 30.9 Å². The lowest BCUT2D eigenvalue weighted by Crippen LogP contribution is -2.38. The third-order valence-electron chi connectivity index (χ3n) is 6.57. The van der Waals surface area contributed by atoms with Gasteiger partial charge < -0.3 is 9.80 Å². The Hall–Kier alpha value is -2.48. The Morgan fingerprint density at radius 2 is 1.93 bits per heavy atom. The number of aromatic nitrogens is 2. The minimum Gasteiger partial charge on any atom is -0.341 e. The van der Waals surface area contributed by atoms with Crippen LogP contribution in [0.2, 0.25) is 0 Å². The molecule has 7 nitrogen and oxygen atoms in total. The lowest BCUT2D eigenvalue weighted by Gasteiger charge is -2.32. The molecule has 2 aromatic rings. The van der Waals surface area contributed by atoms with Crippen LogP contribution in [0, 0.1) is 5.92 Å². The topological polar surface area (TPSA) is 83.5 Å². The number of benzene rings is 1. The first kappa shape index (κ1) is 19.5. The molecule has 2 fully saturated rings. The molecule has 8 heteroatoms. The van der Waals surface area contributed by atoms with Gasteiger partial charge in [-0.3, -0.25) is 4.79 Å². The third kappa shape index (κ3) is 3.37. The van der Waals surface area contributed by atoms with Crippen molar-refractivity contribution in [3.63, 3.8) is 0 Å². The molecule has 1 amide bonds. The highest BCUT2D eigenvalue weighted by Gasteiger charge is 2.48. The summed E-state index contributed by atoms with van der Waals surface area (Å²) in [7, 11) is -3.36. The van der Waals surface area contributed by atoms with E-state index in [-0.39, 0.29) is 24.1 Å². The second-order valence-corrected chi connectivity index (χ2v) is 11.0. The van der Waals surface area contributed by atoms with Crippen LogP contribution >= 0.6 is 0 Å². The summed E-state index contributed by atoms with van der Waals surface area (Å²) in [4.78, 5) is 26.2. The SMILES string of the molecule is CC1CCCN(c2ncc3c(n2)[C@H]2CN(C(=O)c4ccccc4)C[C@@H]2S(=O)(=O)C3)C1. The number of sulfone groups is 1. The van der Waals surface area contributed by atoms with E-state index in [1.165, 1.54) is 6.42 Å². The summed E-state index contributed by atoms with van der Waals surface area (Å²) in [6, 6.07) is 9.04. The Kier molecular flexibility index (Phi) is 4.76. The van der Waals surface area contributed by atoms with Gasteiger partial charge in [0.2, 0.25) is 5.95 Å². The van der Waals surface area contributed by atoms with Crippen molar-refractivity contribution >= 4 is 21.7 Å². The summed E-state index contributed by atoms with van der Waals surface area (Å²) in [5.41, 5.74) is 2.07. The number of piperidine rings is 1. The lowest BCUT2D eigenvalue weighted by atomic mass is 9.99. The summed E-state index contributed by atoms with van der Waals surface area (Å²) < 4.78 is 25.9. The number of likely N-dealkylation sites (tertiary alicyclic amines) is 1. The molecule has 0 bridgehead atoms.